The fraction of sp³-hybridized carbons (Fsp3) is 0.212. The number of carbonyl (C=O) groups is 1. The Bertz CT molecular complexity index is 1930. The number of halogens is 3. The van der Waals surface area contributed by atoms with Crippen LogP contribution in [0.3, 0.4) is 0 Å². The van der Waals surface area contributed by atoms with E-state index in [1.165, 1.54) is 18.2 Å². The number of aromatic carboxylic acids is 1. The highest BCUT2D eigenvalue weighted by molar-refractivity contribution is 5.92. The number of benzene rings is 3. The van der Waals surface area contributed by atoms with Crippen LogP contribution in [-0.2, 0) is 17.8 Å². The predicted molar refractivity (Wildman–Crippen MR) is 154 cm³/mol. The van der Waals surface area contributed by atoms with E-state index >= 15 is 8.78 Å². The van der Waals surface area contributed by atoms with Gasteiger partial charge in [-0.15, -0.1) is 0 Å². The average Bonchev–Trinajstić information content (AvgIpc) is 3.60. The first-order chi connectivity index (χ1) is 21.2. The second kappa shape index (κ2) is 11.8. The lowest BCUT2D eigenvalue weighted by atomic mass is 10.0. The molecule has 0 spiro atoms. The lowest BCUT2D eigenvalue weighted by molar-refractivity contribution is 0.0697. The number of fused-ring (bicyclic) bond motifs is 1. The Hall–Kier alpha value is -5.21. The highest BCUT2D eigenvalue weighted by atomic mass is 19.1. The van der Waals surface area contributed by atoms with Gasteiger partial charge < -0.3 is 19.1 Å². The number of nitrogens with zero attached hydrogens (tertiary/aromatic N) is 4. The molecule has 1 fully saturated rings. The van der Waals surface area contributed by atoms with Gasteiger partial charge in [-0.05, 0) is 65.7 Å². The highest BCUT2D eigenvalue weighted by Crippen LogP contribution is 2.34. The highest BCUT2D eigenvalue weighted by Gasteiger charge is 2.30. The molecule has 1 N–H and O–H groups in total. The molecule has 5 aromatic rings. The van der Waals surface area contributed by atoms with Crippen molar-refractivity contribution >= 4 is 17.0 Å². The zero-order valence-corrected chi connectivity index (χ0v) is 23.4. The van der Waals surface area contributed by atoms with E-state index in [4.69, 9.17) is 14.7 Å². The van der Waals surface area contributed by atoms with E-state index in [-0.39, 0.29) is 53.3 Å². The molecular weight excluding hydrogens is 573 g/mol. The smallest absolute Gasteiger partial charge is 0.335 e. The topological polar surface area (TPSA) is 110 Å². The Labute approximate surface area is 249 Å². The first-order valence-corrected chi connectivity index (χ1v) is 13.8. The van der Waals surface area contributed by atoms with E-state index < -0.39 is 23.4 Å². The molecule has 2 atom stereocenters. The summed E-state index contributed by atoms with van der Waals surface area (Å²) in [4.78, 5) is 20.4. The third-order valence-electron chi connectivity index (χ3n) is 7.70. The molecule has 1 saturated heterocycles. The first-order valence-electron chi connectivity index (χ1n) is 13.8. The summed E-state index contributed by atoms with van der Waals surface area (Å²) in [6.45, 7) is 2.83. The maximum Gasteiger partial charge on any atom is 0.335 e. The van der Waals surface area contributed by atoms with Crippen molar-refractivity contribution in [3.63, 3.8) is 0 Å². The summed E-state index contributed by atoms with van der Waals surface area (Å²) >= 11 is 0. The molecule has 1 aliphatic rings. The predicted octanol–water partition coefficient (Wildman–Crippen LogP) is 6.46. The summed E-state index contributed by atoms with van der Waals surface area (Å²) in [5.74, 6) is -3.19. The fourth-order valence-corrected chi connectivity index (χ4v) is 5.34. The number of nitriles is 1. The Kier molecular flexibility index (Phi) is 7.76. The molecule has 44 heavy (non-hydrogen) atoms. The van der Waals surface area contributed by atoms with Crippen molar-refractivity contribution in [2.45, 2.75) is 26.0 Å². The van der Waals surface area contributed by atoms with E-state index in [0.29, 0.717) is 41.2 Å². The monoisotopic (exact) mass is 598 g/mol. The molecule has 3 aromatic carbocycles. The van der Waals surface area contributed by atoms with Crippen molar-refractivity contribution in [2.24, 2.45) is 5.92 Å². The standard InChI is InChI=1S/C33H25F3N4O4/c1-18-15-43-17-30(18)40-29-11-21(33(41)42)6-8-28(29)38-31(40)12-22-10-26(36)23(13-25(22)35)27-9-7-24(34)32(39-27)44-16-20-4-2-19(14-37)3-5-20/h2-11,13,18,30H,12,15-17H2,1H3,(H,41,42)/t18-,30+/m0/s1. The Morgan fingerprint density at radius 3 is 2.52 bits per heavy atom. The SMILES string of the molecule is C[C@H]1COC[C@H]1n1c(Cc2cc(F)c(-c3ccc(F)c(OCc4ccc(C#N)cc4)n3)cc2F)nc2ccc(C(=O)O)cc21. The van der Waals surface area contributed by atoms with Crippen LogP contribution in [0.2, 0.25) is 0 Å². The molecule has 2 aromatic heterocycles. The summed E-state index contributed by atoms with van der Waals surface area (Å²) < 4.78 is 58.6. The van der Waals surface area contributed by atoms with E-state index in [1.54, 1.807) is 30.3 Å². The van der Waals surface area contributed by atoms with E-state index in [1.807, 2.05) is 17.6 Å². The molecule has 3 heterocycles. The molecule has 1 aliphatic heterocycles. The largest absolute Gasteiger partial charge is 0.478 e. The third kappa shape index (κ3) is 5.59. The Morgan fingerprint density at radius 1 is 1.02 bits per heavy atom. The van der Waals surface area contributed by atoms with Crippen molar-refractivity contribution in [3.05, 3.63) is 112 Å². The minimum absolute atomic E-state index is 0.0189. The number of ether oxygens (including phenoxy) is 2. The second-order valence-corrected chi connectivity index (χ2v) is 10.7. The summed E-state index contributed by atoms with van der Waals surface area (Å²) in [6.07, 6.45) is -0.0703. The van der Waals surface area contributed by atoms with Crippen molar-refractivity contribution in [1.29, 1.82) is 5.26 Å². The van der Waals surface area contributed by atoms with Gasteiger partial charge in [0.25, 0.3) is 5.88 Å². The van der Waals surface area contributed by atoms with Crippen LogP contribution in [0, 0.1) is 34.7 Å². The number of rotatable bonds is 8. The lowest BCUT2D eigenvalue weighted by Crippen LogP contribution is -2.18. The van der Waals surface area contributed by atoms with Gasteiger partial charge in [-0.25, -0.2) is 27.9 Å². The van der Waals surface area contributed by atoms with Crippen LogP contribution in [0.1, 0.15) is 45.8 Å². The Morgan fingerprint density at radius 2 is 1.82 bits per heavy atom. The van der Waals surface area contributed by atoms with E-state index in [2.05, 4.69) is 9.97 Å². The molecule has 0 radical (unpaired) electrons. The van der Waals surface area contributed by atoms with Crippen LogP contribution >= 0.6 is 0 Å². The number of imidazole rings is 1. The molecule has 11 heteroatoms. The van der Waals surface area contributed by atoms with Crippen molar-refractivity contribution < 1.29 is 32.5 Å². The zero-order chi connectivity index (χ0) is 31.0. The minimum atomic E-state index is -1.09. The summed E-state index contributed by atoms with van der Waals surface area (Å²) in [5, 5.41) is 18.5. The third-order valence-corrected chi connectivity index (χ3v) is 7.70. The van der Waals surface area contributed by atoms with Crippen LogP contribution in [0.15, 0.2) is 66.7 Å². The van der Waals surface area contributed by atoms with Crippen molar-refractivity contribution in [2.75, 3.05) is 13.2 Å². The van der Waals surface area contributed by atoms with Gasteiger partial charge in [0.1, 0.15) is 24.1 Å². The zero-order valence-electron chi connectivity index (χ0n) is 23.4. The summed E-state index contributed by atoms with van der Waals surface area (Å²) in [6, 6.07) is 17.3. The summed E-state index contributed by atoms with van der Waals surface area (Å²) in [5.41, 5.74) is 2.17. The van der Waals surface area contributed by atoms with Gasteiger partial charge in [-0.3, -0.25) is 0 Å². The number of aromatic nitrogens is 3. The molecule has 0 amide bonds. The van der Waals surface area contributed by atoms with Gasteiger partial charge >= 0.3 is 5.97 Å². The van der Waals surface area contributed by atoms with Gasteiger partial charge in [0.15, 0.2) is 5.82 Å². The fourth-order valence-electron chi connectivity index (χ4n) is 5.34. The number of hydrogen-bond acceptors (Lipinski definition) is 6. The molecule has 0 saturated carbocycles. The van der Waals surface area contributed by atoms with Gasteiger partial charge in [0, 0.05) is 17.9 Å². The Balaban J connectivity index is 1.30. The quantitative estimate of drug-likeness (QED) is 0.218. The van der Waals surface area contributed by atoms with Gasteiger partial charge in [0.05, 0.1) is 53.2 Å². The van der Waals surface area contributed by atoms with E-state index in [0.717, 1.165) is 18.2 Å². The average molecular weight is 599 g/mol. The lowest BCUT2D eigenvalue weighted by Gasteiger charge is -2.20. The maximum atomic E-state index is 15.6. The van der Waals surface area contributed by atoms with Crippen molar-refractivity contribution in [1.82, 2.24) is 14.5 Å². The normalized spacial score (nSPS) is 16.2. The van der Waals surface area contributed by atoms with E-state index in [9.17, 15) is 14.3 Å². The molecule has 0 unspecified atom stereocenters. The summed E-state index contributed by atoms with van der Waals surface area (Å²) in [7, 11) is 0. The van der Waals surface area contributed by atoms with Crippen LogP contribution in [0.4, 0.5) is 13.2 Å². The van der Waals surface area contributed by atoms with Gasteiger partial charge in [0.2, 0.25) is 0 Å². The van der Waals surface area contributed by atoms with Crippen LogP contribution in [0.5, 0.6) is 5.88 Å². The van der Waals surface area contributed by atoms with Crippen LogP contribution < -0.4 is 4.74 Å². The molecule has 0 aliphatic carbocycles. The molecular formula is C33H25F3N4O4. The van der Waals surface area contributed by atoms with Crippen LogP contribution in [0.25, 0.3) is 22.3 Å². The van der Waals surface area contributed by atoms with Crippen LogP contribution in [-0.4, -0.2) is 38.8 Å². The number of carboxylic acid groups (broad SMARTS) is 1. The minimum Gasteiger partial charge on any atom is -0.478 e. The molecule has 8 nitrogen and oxygen atoms in total. The second-order valence-electron chi connectivity index (χ2n) is 10.7. The maximum absolute atomic E-state index is 15.6. The number of hydrogen-bond donors (Lipinski definition) is 1. The van der Waals surface area contributed by atoms with Gasteiger partial charge in [-0.2, -0.15) is 5.26 Å². The molecule has 0 bridgehead atoms. The first kappa shape index (κ1) is 28.9. The molecule has 6 rings (SSSR count). The van der Waals surface area contributed by atoms with Crippen molar-refractivity contribution in [3.8, 4) is 23.2 Å². The van der Waals surface area contributed by atoms with Gasteiger partial charge in [-0.1, -0.05) is 19.1 Å². The number of carboxylic acids is 1. The number of pyridine rings is 1. The molecule has 222 valence electrons.